The van der Waals surface area contributed by atoms with Crippen molar-refractivity contribution in [3.63, 3.8) is 0 Å². The second-order valence-corrected chi connectivity index (χ2v) is 4.57. The summed E-state index contributed by atoms with van der Waals surface area (Å²) >= 11 is 5.62. The van der Waals surface area contributed by atoms with Crippen LogP contribution in [0.4, 0.5) is 23.2 Å². The van der Waals surface area contributed by atoms with Crippen molar-refractivity contribution in [3.8, 4) is 5.75 Å². The lowest BCUT2D eigenvalue weighted by Crippen LogP contribution is -2.18. The molecular formula is C14H10ClF4NO. The van der Waals surface area contributed by atoms with E-state index in [1.165, 1.54) is 30.3 Å². The number of rotatable bonds is 4. The van der Waals surface area contributed by atoms with E-state index < -0.39 is 12.2 Å². The molecular weight excluding hydrogens is 310 g/mol. The third kappa shape index (κ3) is 4.53. The lowest BCUT2D eigenvalue weighted by molar-refractivity contribution is -0.274. The lowest BCUT2D eigenvalue weighted by atomic mass is 10.2. The Bertz CT molecular complexity index is 631. The normalized spacial score (nSPS) is 11.3. The fraction of sp³-hybridized carbons (Fsp3) is 0.143. The summed E-state index contributed by atoms with van der Waals surface area (Å²) in [6.45, 7) is -0.0230. The Hall–Kier alpha value is -1.95. The molecule has 0 radical (unpaired) electrons. The SMILES string of the molecule is Fc1cc(Cl)ccc1NCc1ccccc1OC(F)(F)F. The first-order chi connectivity index (χ1) is 9.85. The number of halogens is 5. The number of para-hydroxylation sites is 1. The summed E-state index contributed by atoms with van der Waals surface area (Å²) in [6.07, 6.45) is -4.78. The van der Waals surface area contributed by atoms with Gasteiger partial charge in [0.2, 0.25) is 0 Å². The van der Waals surface area contributed by atoms with E-state index in [0.717, 1.165) is 6.07 Å². The number of hydrogen-bond acceptors (Lipinski definition) is 2. The van der Waals surface area contributed by atoms with Crippen molar-refractivity contribution in [1.82, 2.24) is 0 Å². The van der Waals surface area contributed by atoms with Crippen LogP contribution in [0.25, 0.3) is 0 Å². The van der Waals surface area contributed by atoms with Crippen LogP contribution in [0.15, 0.2) is 42.5 Å². The topological polar surface area (TPSA) is 21.3 Å². The predicted molar refractivity (Wildman–Crippen MR) is 71.9 cm³/mol. The molecule has 0 heterocycles. The zero-order chi connectivity index (χ0) is 15.5. The van der Waals surface area contributed by atoms with Crippen molar-refractivity contribution in [2.45, 2.75) is 12.9 Å². The highest BCUT2D eigenvalue weighted by Gasteiger charge is 2.31. The van der Waals surface area contributed by atoms with Crippen molar-refractivity contribution in [2.75, 3.05) is 5.32 Å². The molecule has 0 saturated heterocycles. The second-order valence-electron chi connectivity index (χ2n) is 4.13. The highest BCUT2D eigenvalue weighted by molar-refractivity contribution is 6.30. The molecule has 2 rings (SSSR count). The summed E-state index contributed by atoms with van der Waals surface area (Å²) in [5.74, 6) is -0.913. The lowest BCUT2D eigenvalue weighted by Gasteiger charge is -2.14. The maximum absolute atomic E-state index is 13.6. The van der Waals surface area contributed by atoms with Gasteiger partial charge in [-0.25, -0.2) is 4.39 Å². The maximum Gasteiger partial charge on any atom is 0.573 e. The Morgan fingerprint density at radius 3 is 2.48 bits per heavy atom. The first-order valence-corrected chi connectivity index (χ1v) is 6.25. The molecule has 0 aliphatic carbocycles. The molecule has 112 valence electrons. The Morgan fingerprint density at radius 1 is 1.10 bits per heavy atom. The third-order valence-electron chi connectivity index (χ3n) is 2.60. The van der Waals surface area contributed by atoms with Gasteiger partial charge < -0.3 is 10.1 Å². The van der Waals surface area contributed by atoms with Crippen LogP contribution in [0, 0.1) is 5.82 Å². The summed E-state index contributed by atoms with van der Waals surface area (Å²) < 4.78 is 54.3. The van der Waals surface area contributed by atoms with Gasteiger partial charge in [-0.05, 0) is 24.3 Å². The second kappa shape index (κ2) is 6.22. The molecule has 2 aromatic rings. The molecule has 2 aromatic carbocycles. The monoisotopic (exact) mass is 319 g/mol. The minimum absolute atomic E-state index is 0.0230. The van der Waals surface area contributed by atoms with Gasteiger partial charge >= 0.3 is 6.36 Å². The minimum Gasteiger partial charge on any atom is -0.405 e. The number of benzene rings is 2. The number of nitrogens with one attached hydrogen (secondary N) is 1. The molecule has 0 atom stereocenters. The quantitative estimate of drug-likeness (QED) is 0.802. The fourth-order valence-corrected chi connectivity index (χ4v) is 1.86. The Morgan fingerprint density at radius 2 is 1.81 bits per heavy atom. The molecule has 7 heteroatoms. The van der Waals surface area contributed by atoms with Crippen LogP contribution in [0.2, 0.25) is 5.02 Å². The Kier molecular flexibility index (Phi) is 4.57. The van der Waals surface area contributed by atoms with Gasteiger partial charge in [0.25, 0.3) is 0 Å². The molecule has 0 fully saturated rings. The van der Waals surface area contributed by atoms with Crippen LogP contribution < -0.4 is 10.1 Å². The molecule has 0 spiro atoms. The number of alkyl halides is 3. The first kappa shape index (κ1) is 15.4. The van der Waals surface area contributed by atoms with Crippen molar-refractivity contribution in [3.05, 3.63) is 58.9 Å². The van der Waals surface area contributed by atoms with Crippen LogP contribution in [0.1, 0.15) is 5.56 Å². The largest absolute Gasteiger partial charge is 0.573 e. The molecule has 21 heavy (non-hydrogen) atoms. The van der Waals surface area contributed by atoms with Crippen molar-refractivity contribution >= 4 is 17.3 Å². The van der Waals surface area contributed by atoms with Gasteiger partial charge in [0.05, 0.1) is 5.69 Å². The number of hydrogen-bond donors (Lipinski definition) is 1. The van der Waals surface area contributed by atoms with Crippen molar-refractivity contribution in [1.29, 1.82) is 0 Å². The molecule has 0 aliphatic rings. The average Bonchev–Trinajstić information content (AvgIpc) is 2.37. The molecule has 1 N–H and O–H groups in total. The van der Waals surface area contributed by atoms with Crippen LogP contribution in [-0.4, -0.2) is 6.36 Å². The van der Waals surface area contributed by atoms with E-state index in [-0.39, 0.29) is 28.6 Å². The van der Waals surface area contributed by atoms with E-state index in [0.29, 0.717) is 0 Å². The maximum atomic E-state index is 13.6. The van der Waals surface area contributed by atoms with Crippen LogP contribution in [0.3, 0.4) is 0 Å². The molecule has 0 saturated carbocycles. The summed E-state index contributed by atoms with van der Waals surface area (Å²) in [5, 5.41) is 2.94. The van der Waals surface area contributed by atoms with E-state index in [9.17, 15) is 17.6 Å². The highest BCUT2D eigenvalue weighted by atomic mass is 35.5. The van der Waals surface area contributed by atoms with E-state index in [1.807, 2.05) is 0 Å². The first-order valence-electron chi connectivity index (χ1n) is 5.88. The van der Waals surface area contributed by atoms with Crippen LogP contribution in [0.5, 0.6) is 5.75 Å². The van der Waals surface area contributed by atoms with E-state index in [4.69, 9.17) is 11.6 Å². The Labute approximate surface area is 123 Å². The molecule has 0 aromatic heterocycles. The van der Waals surface area contributed by atoms with Crippen LogP contribution in [-0.2, 0) is 6.54 Å². The number of anilines is 1. The molecule has 0 bridgehead atoms. The van der Waals surface area contributed by atoms with Gasteiger partial charge in [0.1, 0.15) is 11.6 Å². The zero-order valence-electron chi connectivity index (χ0n) is 10.5. The Balaban J connectivity index is 2.13. The van der Waals surface area contributed by atoms with Gasteiger partial charge in [-0.2, -0.15) is 0 Å². The molecule has 2 nitrogen and oxygen atoms in total. The summed E-state index contributed by atoms with van der Waals surface area (Å²) in [6, 6.07) is 9.65. The molecule has 0 unspecified atom stereocenters. The summed E-state index contributed by atoms with van der Waals surface area (Å²) in [5.41, 5.74) is 0.394. The zero-order valence-corrected chi connectivity index (χ0v) is 11.3. The van der Waals surface area contributed by atoms with Gasteiger partial charge in [-0.3, -0.25) is 0 Å². The fourth-order valence-electron chi connectivity index (χ4n) is 1.70. The van der Waals surface area contributed by atoms with Gasteiger partial charge in [-0.15, -0.1) is 13.2 Å². The van der Waals surface area contributed by atoms with Crippen molar-refractivity contribution in [2.24, 2.45) is 0 Å². The summed E-state index contributed by atoms with van der Waals surface area (Å²) in [7, 11) is 0. The van der Waals surface area contributed by atoms with E-state index in [2.05, 4.69) is 10.1 Å². The van der Waals surface area contributed by atoms with Gasteiger partial charge in [0.15, 0.2) is 0 Å². The average molecular weight is 320 g/mol. The van der Waals surface area contributed by atoms with E-state index in [1.54, 1.807) is 6.07 Å². The highest BCUT2D eigenvalue weighted by Crippen LogP contribution is 2.27. The van der Waals surface area contributed by atoms with Crippen molar-refractivity contribution < 1.29 is 22.3 Å². The van der Waals surface area contributed by atoms with Crippen LogP contribution >= 0.6 is 11.6 Å². The third-order valence-corrected chi connectivity index (χ3v) is 2.83. The summed E-state index contributed by atoms with van der Waals surface area (Å²) in [4.78, 5) is 0. The minimum atomic E-state index is -4.78. The number of ether oxygens (including phenoxy) is 1. The smallest absolute Gasteiger partial charge is 0.405 e. The molecule has 0 amide bonds. The van der Waals surface area contributed by atoms with E-state index >= 15 is 0 Å². The predicted octanol–water partition coefficient (Wildman–Crippen LogP) is 4.99. The van der Waals surface area contributed by atoms with Gasteiger partial charge in [-0.1, -0.05) is 29.8 Å². The molecule has 0 aliphatic heterocycles. The standard InChI is InChI=1S/C14H10ClF4NO/c15-10-5-6-12(11(16)7-10)20-8-9-3-1-2-4-13(9)21-14(17,18)19/h1-7,20H,8H2. The van der Waals surface area contributed by atoms with Gasteiger partial charge in [0, 0.05) is 17.1 Å².